The van der Waals surface area contributed by atoms with E-state index in [4.69, 9.17) is 16.3 Å². The van der Waals surface area contributed by atoms with Crippen LogP contribution in [0.25, 0.3) is 0 Å². The summed E-state index contributed by atoms with van der Waals surface area (Å²) < 4.78 is 42.9. The SMILES string of the molecule is F[B-](F)(F)c1cncc(OCc2ccc(Cl)cc2)c1.[K+]. The van der Waals surface area contributed by atoms with E-state index >= 15 is 0 Å². The molecule has 0 radical (unpaired) electrons. The summed E-state index contributed by atoms with van der Waals surface area (Å²) in [5, 5.41) is 0.590. The summed E-state index contributed by atoms with van der Waals surface area (Å²) in [7, 11) is 0. The summed E-state index contributed by atoms with van der Waals surface area (Å²) in [6.07, 6.45) is 2.04. The average molecular weight is 326 g/mol. The van der Waals surface area contributed by atoms with Crippen LogP contribution in [0.4, 0.5) is 12.9 Å². The Morgan fingerprint density at radius 3 is 2.35 bits per heavy atom. The van der Waals surface area contributed by atoms with E-state index in [1.807, 2.05) is 0 Å². The molecule has 100 valence electrons. The third kappa shape index (κ3) is 5.38. The van der Waals surface area contributed by atoms with Crippen LogP contribution in [0.1, 0.15) is 5.56 Å². The van der Waals surface area contributed by atoms with E-state index in [9.17, 15) is 12.9 Å². The van der Waals surface area contributed by atoms with E-state index in [-0.39, 0.29) is 63.7 Å². The van der Waals surface area contributed by atoms with Gasteiger partial charge in [-0.25, -0.2) is 0 Å². The Hall–Kier alpha value is -0.0487. The van der Waals surface area contributed by atoms with E-state index in [1.165, 1.54) is 6.20 Å². The Morgan fingerprint density at radius 1 is 1.10 bits per heavy atom. The number of ether oxygens (including phenoxy) is 1. The van der Waals surface area contributed by atoms with Crippen LogP contribution in [0.2, 0.25) is 5.02 Å². The van der Waals surface area contributed by atoms with Crippen molar-refractivity contribution in [2.45, 2.75) is 6.61 Å². The molecule has 0 N–H and O–H groups in total. The van der Waals surface area contributed by atoms with Crippen LogP contribution in [0.3, 0.4) is 0 Å². The van der Waals surface area contributed by atoms with Crippen molar-refractivity contribution < 1.29 is 69.1 Å². The number of hydrogen-bond donors (Lipinski definition) is 0. The van der Waals surface area contributed by atoms with E-state index < -0.39 is 12.4 Å². The number of aromatic nitrogens is 1. The van der Waals surface area contributed by atoms with Gasteiger partial charge in [0.25, 0.3) is 0 Å². The van der Waals surface area contributed by atoms with E-state index in [2.05, 4.69) is 4.98 Å². The Balaban J connectivity index is 0.00000200. The predicted molar refractivity (Wildman–Crippen MR) is 68.7 cm³/mol. The molecule has 0 aliphatic heterocycles. The van der Waals surface area contributed by atoms with Crippen molar-refractivity contribution in [3.05, 3.63) is 53.3 Å². The molecular weight excluding hydrogens is 316 g/mol. The number of pyridine rings is 1. The monoisotopic (exact) mass is 325 g/mol. The Labute approximate surface area is 162 Å². The summed E-state index contributed by atoms with van der Waals surface area (Å²) in [6.45, 7) is -4.90. The minimum atomic E-state index is -5.06. The van der Waals surface area contributed by atoms with Crippen molar-refractivity contribution in [2.24, 2.45) is 0 Å². The molecule has 0 spiro atoms. The largest absolute Gasteiger partial charge is 1.00 e. The number of hydrogen-bond acceptors (Lipinski definition) is 2. The van der Waals surface area contributed by atoms with Gasteiger partial charge < -0.3 is 17.7 Å². The van der Waals surface area contributed by atoms with Gasteiger partial charge in [-0.05, 0) is 23.8 Å². The van der Waals surface area contributed by atoms with Crippen LogP contribution in [0.15, 0.2) is 42.7 Å². The first-order valence-electron chi connectivity index (χ1n) is 5.47. The fraction of sp³-hybridized carbons (Fsp3) is 0.0833. The van der Waals surface area contributed by atoms with Crippen LogP contribution in [0, 0.1) is 0 Å². The fourth-order valence-electron chi connectivity index (χ4n) is 1.44. The Bertz CT molecular complexity index is 565. The van der Waals surface area contributed by atoms with Crippen molar-refractivity contribution >= 4 is 24.0 Å². The van der Waals surface area contributed by atoms with Crippen molar-refractivity contribution in [1.29, 1.82) is 0 Å². The molecule has 8 heteroatoms. The molecule has 1 heterocycles. The zero-order chi connectivity index (χ0) is 13.9. The fourth-order valence-corrected chi connectivity index (χ4v) is 1.57. The van der Waals surface area contributed by atoms with Crippen molar-refractivity contribution in [2.75, 3.05) is 0 Å². The second kappa shape index (κ2) is 7.82. The van der Waals surface area contributed by atoms with Gasteiger partial charge in [0.15, 0.2) is 0 Å². The minimum absolute atomic E-state index is 0. The molecule has 0 unspecified atom stereocenters. The van der Waals surface area contributed by atoms with E-state index in [1.54, 1.807) is 24.3 Å². The molecule has 0 fully saturated rings. The quantitative estimate of drug-likeness (QED) is 0.758. The van der Waals surface area contributed by atoms with Gasteiger partial charge >= 0.3 is 58.4 Å². The van der Waals surface area contributed by atoms with E-state index in [0.717, 1.165) is 17.8 Å². The normalized spacial score (nSPS) is 10.8. The molecule has 2 aromatic rings. The molecule has 0 aliphatic rings. The number of halogens is 4. The van der Waals surface area contributed by atoms with Gasteiger partial charge in [-0.2, -0.15) is 0 Å². The van der Waals surface area contributed by atoms with Crippen LogP contribution in [-0.2, 0) is 6.61 Å². The van der Waals surface area contributed by atoms with Gasteiger partial charge in [0.1, 0.15) is 12.4 Å². The summed E-state index contributed by atoms with van der Waals surface area (Å²) >= 11 is 5.73. The Kier molecular flexibility index (Phi) is 7.04. The number of rotatable bonds is 4. The first kappa shape index (κ1) is 18.0. The van der Waals surface area contributed by atoms with Crippen LogP contribution >= 0.6 is 11.6 Å². The van der Waals surface area contributed by atoms with Crippen molar-refractivity contribution in [3.63, 3.8) is 0 Å². The molecule has 1 aromatic heterocycles. The summed E-state index contributed by atoms with van der Waals surface area (Å²) in [5.74, 6) is 0.0895. The number of nitrogens with zero attached hydrogens (tertiary/aromatic N) is 1. The molecule has 20 heavy (non-hydrogen) atoms. The molecule has 0 aliphatic carbocycles. The second-order valence-corrected chi connectivity index (χ2v) is 4.38. The molecule has 0 saturated heterocycles. The molecule has 2 nitrogen and oxygen atoms in total. The number of benzene rings is 1. The molecule has 2 rings (SSSR count). The second-order valence-electron chi connectivity index (χ2n) is 3.94. The first-order valence-corrected chi connectivity index (χ1v) is 5.85. The molecule has 0 amide bonds. The summed E-state index contributed by atoms with van der Waals surface area (Å²) in [4.78, 5) is 3.53. The van der Waals surface area contributed by atoms with Gasteiger partial charge in [0.2, 0.25) is 0 Å². The zero-order valence-electron chi connectivity index (χ0n) is 10.7. The maximum absolute atomic E-state index is 12.5. The molecule has 0 bridgehead atoms. The summed E-state index contributed by atoms with van der Waals surface area (Å²) in [6, 6.07) is 7.81. The van der Waals surface area contributed by atoms with Gasteiger partial charge in [-0.15, -0.1) is 0 Å². The molecule has 1 aromatic carbocycles. The first-order chi connectivity index (χ1) is 8.95. The summed E-state index contributed by atoms with van der Waals surface area (Å²) in [5.41, 5.74) is 0.0425. The smallest absolute Gasteiger partial charge is 0.487 e. The third-order valence-corrected chi connectivity index (χ3v) is 2.68. The predicted octanol–water partition coefficient (Wildman–Crippen LogP) is 0.372. The molecule has 0 saturated carbocycles. The maximum atomic E-state index is 12.5. The third-order valence-electron chi connectivity index (χ3n) is 2.43. The Morgan fingerprint density at radius 2 is 1.75 bits per heavy atom. The topological polar surface area (TPSA) is 22.1 Å². The standard InChI is InChI=1S/C12H9BClF3NO.K/c14-11-3-1-9(2-4-11)8-19-12-5-10(6-18-7-12)13(15,16)17;/h1-7H,8H2;/q-1;+1. The van der Waals surface area contributed by atoms with Crippen LogP contribution in [0.5, 0.6) is 5.75 Å². The van der Waals surface area contributed by atoms with E-state index in [0.29, 0.717) is 5.02 Å². The zero-order valence-corrected chi connectivity index (χ0v) is 14.6. The van der Waals surface area contributed by atoms with Crippen LogP contribution < -0.4 is 61.6 Å². The van der Waals surface area contributed by atoms with Gasteiger partial charge in [-0.1, -0.05) is 29.2 Å². The minimum Gasteiger partial charge on any atom is -0.487 e. The average Bonchev–Trinajstić information content (AvgIpc) is 2.37. The van der Waals surface area contributed by atoms with Crippen molar-refractivity contribution in [3.8, 4) is 5.75 Å². The van der Waals surface area contributed by atoms with Crippen LogP contribution in [-0.4, -0.2) is 12.0 Å². The van der Waals surface area contributed by atoms with Gasteiger partial charge in [0, 0.05) is 11.2 Å². The molecule has 0 atom stereocenters. The van der Waals surface area contributed by atoms with Gasteiger partial charge in [0.05, 0.1) is 6.20 Å². The van der Waals surface area contributed by atoms with Gasteiger partial charge in [-0.3, -0.25) is 4.98 Å². The maximum Gasteiger partial charge on any atom is 1.00 e. The van der Waals surface area contributed by atoms with Crippen molar-refractivity contribution in [1.82, 2.24) is 4.98 Å². The molecular formula is C12H9BClF3KNO.